The largest absolute Gasteiger partial charge is 0.376 e. The van der Waals surface area contributed by atoms with Crippen LogP contribution in [0.4, 0.5) is 0 Å². The molecule has 0 amide bonds. The summed E-state index contributed by atoms with van der Waals surface area (Å²) in [7, 11) is 0. The first-order valence-corrected chi connectivity index (χ1v) is 4.33. The standard InChI is InChI=1S/C9H17NO2/c1-8(2)5-10-6-9-7-11-3-4-12-9/h9-10H,1,3-7H2,2H3. The number of ether oxygens (including phenoxy) is 2. The van der Waals surface area contributed by atoms with E-state index in [9.17, 15) is 0 Å². The molecule has 1 N–H and O–H groups in total. The van der Waals surface area contributed by atoms with Crippen molar-refractivity contribution in [2.45, 2.75) is 13.0 Å². The molecule has 1 rings (SSSR count). The smallest absolute Gasteiger partial charge is 0.0933 e. The van der Waals surface area contributed by atoms with Crippen molar-refractivity contribution in [3.8, 4) is 0 Å². The Balaban J connectivity index is 2.01. The molecule has 3 heteroatoms. The Hall–Kier alpha value is -0.380. The molecule has 1 unspecified atom stereocenters. The van der Waals surface area contributed by atoms with Gasteiger partial charge in [0.25, 0.3) is 0 Å². The Bertz CT molecular complexity index is 141. The van der Waals surface area contributed by atoms with Gasteiger partial charge in [0.15, 0.2) is 0 Å². The van der Waals surface area contributed by atoms with Crippen LogP contribution < -0.4 is 5.32 Å². The fraction of sp³-hybridized carbons (Fsp3) is 0.778. The average molecular weight is 171 g/mol. The van der Waals surface area contributed by atoms with E-state index in [1.165, 1.54) is 0 Å². The predicted molar refractivity (Wildman–Crippen MR) is 48.2 cm³/mol. The SMILES string of the molecule is C=C(C)CNCC1COCCO1. The maximum absolute atomic E-state index is 5.44. The van der Waals surface area contributed by atoms with Crippen LogP contribution in [0.1, 0.15) is 6.92 Å². The van der Waals surface area contributed by atoms with Crippen molar-refractivity contribution in [2.75, 3.05) is 32.9 Å². The molecule has 1 saturated heterocycles. The minimum atomic E-state index is 0.220. The summed E-state index contributed by atoms with van der Waals surface area (Å²) < 4.78 is 10.7. The number of hydrogen-bond acceptors (Lipinski definition) is 3. The zero-order chi connectivity index (χ0) is 8.81. The van der Waals surface area contributed by atoms with Crippen LogP contribution in [0.15, 0.2) is 12.2 Å². The highest BCUT2D eigenvalue weighted by Crippen LogP contribution is 1.98. The van der Waals surface area contributed by atoms with E-state index >= 15 is 0 Å². The molecule has 1 fully saturated rings. The third kappa shape index (κ3) is 3.85. The first-order chi connectivity index (χ1) is 5.79. The van der Waals surface area contributed by atoms with Gasteiger partial charge < -0.3 is 14.8 Å². The van der Waals surface area contributed by atoms with Crippen molar-refractivity contribution < 1.29 is 9.47 Å². The minimum absolute atomic E-state index is 0.220. The molecule has 1 atom stereocenters. The summed E-state index contributed by atoms with van der Waals surface area (Å²) in [6.45, 7) is 9.69. The van der Waals surface area contributed by atoms with Crippen molar-refractivity contribution >= 4 is 0 Å². The van der Waals surface area contributed by atoms with Crippen LogP contribution in [0.3, 0.4) is 0 Å². The van der Waals surface area contributed by atoms with Crippen molar-refractivity contribution in [1.82, 2.24) is 5.32 Å². The van der Waals surface area contributed by atoms with Gasteiger partial charge in [-0.15, -0.1) is 0 Å². The first kappa shape index (κ1) is 9.71. The molecule has 0 aromatic rings. The minimum Gasteiger partial charge on any atom is -0.376 e. The quantitative estimate of drug-likeness (QED) is 0.627. The van der Waals surface area contributed by atoms with Crippen LogP contribution in [0.5, 0.6) is 0 Å². The van der Waals surface area contributed by atoms with Gasteiger partial charge in [-0.05, 0) is 6.92 Å². The van der Waals surface area contributed by atoms with Gasteiger partial charge in [0.2, 0.25) is 0 Å². The lowest BCUT2D eigenvalue weighted by Gasteiger charge is -2.23. The lowest BCUT2D eigenvalue weighted by Crippen LogP contribution is -2.37. The summed E-state index contributed by atoms with van der Waals surface area (Å²) in [5.41, 5.74) is 1.15. The van der Waals surface area contributed by atoms with E-state index < -0.39 is 0 Å². The van der Waals surface area contributed by atoms with Gasteiger partial charge >= 0.3 is 0 Å². The van der Waals surface area contributed by atoms with E-state index in [0.717, 1.165) is 31.9 Å². The Labute approximate surface area is 73.7 Å². The fourth-order valence-electron chi connectivity index (χ4n) is 1.10. The molecule has 0 bridgehead atoms. The molecule has 0 saturated carbocycles. The van der Waals surface area contributed by atoms with Crippen LogP contribution in [0.25, 0.3) is 0 Å². The van der Waals surface area contributed by atoms with Crippen molar-refractivity contribution in [3.63, 3.8) is 0 Å². The predicted octanol–water partition coefficient (Wildman–Crippen LogP) is 0.567. The molecule has 3 nitrogen and oxygen atoms in total. The number of nitrogens with one attached hydrogen (secondary N) is 1. The lowest BCUT2D eigenvalue weighted by atomic mass is 10.3. The molecular weight excluding hydrogens is 154 g/mol. The molecule has 0 aromatic heterocycles. The van der Waals surface area contributed by atoms with E-state index in [4.69, 9.17) is 9.47 Å². The molecule has 12 heavy (non-hydrogen) atoms. The lowest BCUT2D eigenvalue weighted by molar-refractivity contribution is -0.0861. The highest BCUT2D eigenvalue weighted by molar-refractivity contribution is 4.90. The number of rotatable bonds is 4. The highest BCUT2D eigenvalue weighted by atomic mass is 16.6. The van der Waals surface area contributed by atoms with Crippen LogP contribution >= 0.6 is 0 Å². The van der Waals surface area contributed by atoms with Crippen LogP contribution in [0.2, 0.25) is 0 Å². The second-order valence-corrected chi connectivity index (χ2v) is 3.16. The van der Waals surface area contributed by atoms with Crippen molar-refractivity contribution in [1.29, 1.82) is 0 Å². The van der Waals surface area contributed by atoms with E-state index in [2.05, 4.69) is 11.9 Å². The summed E-state index contributed by atoms with van der Waals surface area (Å²) in [5, 5.41) is 3.25. The average Bonchev–Trinajstić information content (AvgIpc) is 2.05. The highest BCUT2D eigenvalue weighted by Gasteiger charge is 2.12. The van der Waals surface area contributed by atoms with Crippen LogP contribution in [0, 0.1) is 0 Å². The summed E-state index contributed by atoms with van der Waals surface area (Å²) >= 11 is 0. The summed E-state index contributed by atoms with van der Waals surface area (Å²) in [6.07, 6.45) is 0.220. The molecule has 1 aliphatic rings. The van der Waals surface area contributed by atoms with Gasteiger partial charge in [-0.1, -0.05) is 12.2 Å². The fourth-order valence-corrected chi connectivity index (χ4v) is 1.10. The maximum Gasteiger partial charge on any atom is 0.0933 e. The first-order valence-electron chi connectivity index (χ1n) is 4.33. The summed E-state index contributed by atoms with van der Waals surface area (Å²) in [6, 6.07) is 0. The zero-order valence-corrected chi connectivity index (χ0v) is 7.64. The summed E-state index contributed by atoms with van der Waals surface area (Å²) in [5.74, 6) is 0. The van der Waals surface area contributed by atoms with E-state index in [0.29, 0.717) is 6.61 Å². The molecule has 0 aliphatic carbocycles. The van der Waals surface area contributed by atoms with Gasteiger partial charge in [0, 0.05) is 13.1 Å². The number of hydrogen-bond donors (Lipinski definition) is 1. The molecular formula is C9H17NO2. The van der Waals surface area contributed by atoms with E-state index in [1.807, 2.05) is 6.92 Å². The van der Waals surface area contributed by atoms with Crippen molar-refractivity contribution in [3.05, 3.63) is 12.2 Å². The van der Waals surface area contributed by atoms with Gasteiger partial charge in [0.1, 0.15) is 0 Å². The Morgan fingerprint density at radius 1 is 1.58 bits per heavy atom. The van der Waals surface area contributed by atoms with Crippen molar-refractivity contribution in [2.24, 2.45) is 0 Å². The van der Waals surface area contributed by atoms with Gasteiger partial charge in [0.05, 0.1) is 25.9 Å². The normalized spacial score (nSPS) is 23.9. The van der Waals surface area contributed by atoms with Gasteiger partial charge in [-0.25, -0.2) is 0 Å². The van der Waals surface area contributed by atoms with Crippen LogP contribution in [-0.4, -0.2) is 39.0 Å². The zero-order valence-electron chi connectivity index (χ0n) is 7.64. The third-order valence-electron chi connectivity index (χ3n) is 1.68. The molecule has 1 heterocycles. The monoisotopic (exact) mass is 171 g/mol. The summed E-state index contributed by atoms with van der Waals surface area (Å²) in [4.78, 5) is 0. The Morgan fingerprint density at radius 3 is 3.00 bits per heavy atom. The van der Waals surface area contributed by atoms with Gasteiger partial charge in [-0.3, -0.25) is 0 Å². The van der Waals surface area contributed by atoms with Crippen LogP contribution in [-0.2, 0) is 9.47 Å². The van der Waals surface area contributed by atoms with Gasteiger partial charge in [-0.2, -0.15) is 0 Å². The molecule has 0 radical (unpaired) electrons. The molecule has 1 aliphatic heterocycles. The molecule has 70 valence electrons. The molecule has 0 aromatic carbocycles. The maximum atomic E-state index is 5.44. The Kier molecular flexibility index (Phi) is 4.29. The van der Waals surface area contributed by atoms with E-state index in [-0.39, 0.29) is 6.10 Å². The van der Waals surface area contributed by atoms with E-state index in [1.54, 1.807) is 0 Å². The second-order valence-electron chi connectivity index (χ2n) is 3.16. The molecule has 0 spiro atoms. The second kappa shape index (κ2) is 5.30. The Morgan fingerprint density at radius 2 is 2.42 bits per heavy atom. The third-order valence-corrected chi connectivity index (χ3v) is 1.68. The topological polar surface area (TPSA) is 30.5 Å².